The van der Waals surface area contributed by atoms with E-state index in [1.807, 2.05) is 0 Å². The molecule has 0 bridgehead atoms. The Labute approximate surface area is 67.9 Å². The fourth-order valence-electron chi connectivity index (χ4n) is 1.80. The molecular formula is C9H16O2. The molecule has 11 heavy (non-hydrogen) atoms. The smallest absolute Gasteiger partial charge is 0.312 e. The van der Waals surface area contributed by atoms with Gasteiger partial charge in [0, 0.05) is 0 Å². The van der Waals surface area contributed by atoms with Crippen molar-refractivity contribution in [2.45, 2.75) is 39.5 Å². The summed E-state index contributed by atoms with van der Waals surface area (Å²) in [6.45, 7) is 4.82. The third kappa shape index (κ3) is 1.39. The molecule has 1 fully saturated rings. The average Bonchev–Trinajstić information content (AvgIpc) is 2.35. The molecule has 0 spiro atoms. The molecule has 2 heteroatoms. The number of carbonyl (C=O) groups excluding carboxylic acids is 1. The van der Waals surface area contributed by atoms with Gasteiger partial charge in [-0.1, -0.05) is 20.3 Å². The highest BCUT2D eigenvalue weighted by Crippen LogP contribution is 2.37. The zero-order valence-corrected chi connectivity index (χ0v) is 7.35. The van der Waals surface area contributed by atoms with E-state index in [2.05, 4.69) is 13.8 Å². The van der Waals surface area contributed by atoms with Gasteiger partial charge in [0.15, 0.2) is 0 Å². The maximum Gasteiger partial charge on any atom is 0.312 e. The van der Waals surface area contributed by atoms with Crippen LogP contribution in [0.4, 0.5) is 0 Å². The number of ether oxygens (including phenoxy) is 1. The molecule has 1 heterocycles. The zero-order valence-electron chi connectivity index (χ0n) is 7.35. The van der Waals surface area contributed by atoms with E-state index < -0.39 is 0 Å². The Bertz CT molecular complexity index is 154. The first-order valence-electron chi connectivity index (χ1n) is 4.42. The number of cyclic esters (lactones) is 1. The molecule has 1 unspecified atom stereocenters. The van der Waals surface area contributed by atoms with Crippen molar-refractivity contribution in [2.75, 3.05) is 6.61 Å². The van der Waals surface area contributed by atoms with E-state index in [1.54, 1.807) is 0 Å². The molecule has 0 amide bonds. The Balaban J connectivity index is 2.65. The van der Waals surface area contributed by atoms with E-state index in [1.165, 1.54) is 0 Å². The van der Waals surface area contributed by atoms with E-state index in [9.17, 15) is 4.79 Å². The monoisotopic (exact) mass is 156 g/mol. The predicted octanol–water partition coefficient (Wildman–Crippen LogP) is 2.13. The quantitative estimate of drug-likeness (QED) is 0.585. The zero-order chi connectivity index (χ0) is 8.32. The molecule has 0 saturated carbocycles. The fourth-order valence-corrected chi connectivity index (χ4v) is 1.80. The summed E-state index contributed by atoms with van der Waals surface area (Å²) in [5, 5.41) is 0. The van der Waals surface area contributed by atoms with Crippen LogP contribution in [0.5, 0.6) is 0 Å². The first-order chi connectivity index (χ1) is 5.25. The minimum atomic E-state index is -0.116. The van der Waals surface area contributed by atoms with E-state index in [4.69, 9.17) is 4.74 Å². The predicted molar refractivity (Wildman–Crippen MR) is 43.2 cm³/mol. The second-order valence-electron chi connectivity index (χ2n) is 3.27. The van der Waals surface area contributed by atoms with Crippen LogP contribution >= 0.6 is 0 Å². The Morgan fingerprint density at radius 1 is 1.55 bits per heavy atom. The number of carbonyl (C=O) groups is 1. The van der Waals surface area contributed by atoms with Crippen molar-refractivity contribution in [2.24, 2.45) is 5.41 Å². The van der Waals surface area contributed by atoms with Gasteiger partial charge in [-0.25, -0.2) is 0 Å². The second kappa shape index (κ2) is 3.24. The summed E-state index contributed by atoms with van der Waals surface area (Å²) in [4.78, 5) is 11.3. The van der Waals surface area contributed by atoms with Gasteiger partial charge in [0.05, 0.1) is 12.0 Å². The molecule has 64 valence electrons. The summed E-state index contributed by atoms with van der Waals surface area (Å²) in [5.41, 5.74) is -0.116. The molecule has 1 rings (SSSR count). The lowest BCUT2D eigenvalue weighted by atomic mass is 9.80. The molecular weight excluding hydrogens is 140 g/mol. The molecule has 0 radical (unpaired) electrons. The number of hydrogen-bond donors (Lipinski definition) is 0. The van der Waals surface area contributed by atoms with Crippen LogP contribution in [0.1, 0.15) is 39.5 Å². The summed E-state index contributed by atoms with van der Waals surface area (Å²) in [5.74, 6) is 0.0295. The van der Waals surface area contributed by atoms with Crippen LogP contribution in [0.15, 0.2) is 0 Å². The molecule has 1 saturated heterocycles. The highest BCUT2D eigenvalue weighted by Gasteiger charge is 2.41. The lowest BCUT2D eigenvalue weighted by molar-refractivity contribution is -0.146. The van der Waals surface area contributed by atoms with Crippen molar-refractivity contribution in [3.8, 4) is 0 Å². The minimum Gasteiger partial charge on any atom is -0.465 e. The van der Waals surface area contributed by atoms with Crippen LogP contribution in [0, 0.1) is 5.41 Å². The molecule has 1 aliphatic rings. The Morgan fingerprint density at radius 2 is 2.27 bits per heavy atom. The van der Waals surface area contributed by atoms with Crippen LogP contribution in [0.3, 0.4) is 0 Å². The maximum absolute atomic E-state index is 11.3. The third-order valence-electron chi connectivity index (χ3n) is 2.65. The van der Waals surface area contributed by atoms with Crippen molar-refractivity contribution < 1.29 is 9.53 Å². The van der Waals surface area contributed by atoms with Crippen LogP contribution in [-0.2, 0) is 9.53 Å². The van der Waals surface area contributed by atoms with Crippen LogP contribution in [-0.4, -0.2) is 12.6 Å². The molecule has 1 aliphatic heterocycles. The minimum absolute atomic E-state index is 0.0295. The Kier molecular flexibility index (Phi) is 2.53. The maximum atomic E-state index is 11.3. The van der Waals surface area contributed by atoms with Crippen molar-refractivity contribution in [3.63, 3.8) is 0 Å². The summed E-state index contributed by atoms with van der Waals surface area (Å²) in [6.07, 6.45) is 3.92. The highest BCUT2D eigenvalue weighted by atomic mass is 16.5. The number of hydrogen-bond acceptors (Lipinski definition) is 2. The third-order valence-corrected chi connectivity index (χ3v) is 2.65. The fraction of sp³-hybridized carbons (Fsp3) is 0.889. The van der Waals surface area contributed by atoms with E-state index in [0.717, 1.165) is 25.7 Å². The Hall–Kier alpha value is -0.530. The molecule has 0 aromatic heterocycles. The molecule has 0 N–H and O–H groups in total. The van der Waals surface area contributed by atoms with Crippen LogP contribution in [0.25, 0.3) is 0 Å². The molecule has 0 aromatic carbocycles. The van der Waals surface area contributed by atoms with Gasteiger partial charge in [-0.05, 0) is 19.3 Å². The molecule has 0 aromatic rings. The van der Waals surface area contributed by atoms with Gasteiger partial charge in [0.2, 0.25) is 0 Å². The van der Waals surface area contributed by atoms with Gasteiger partial charge >= 0.3 is 5.97 Å². The first-order valence-corrected chi connectivity index (χ1v) is 4.42. The van der Waals surface area contributed by atoms with E-state index >= 15 is 0 Å². The van der Waals surface area contributed by atoms with Crippen LogP contribution < -0.4 is 0 Å². The van der Waals surface area contributed by atoms with Crippen molar-refractivity contribution in [3.05, 3.63) is 0 Å². The molecule has 0 aliphatic carbocycles. The topological polar surface area (TPSA) is 26.3 Å². The lowest BCUT2D eigenvalue weighted by Crippen LogP contribution is -2.25. The van der Waals surface area contributed by atoms with Gasteiger partial charge in [-0.2, -0.15) is 0 Å². The normalized spacial score (nSPS) is 30.5. The summed E-state index contributed by atoms with van der Waals surface area (Å²) in [7, 11) is 0. The van der Waals surface area contributed by atoms with Gasteiger partial charge in [-0.15, -0.1) is 0 Å². The number of esters is 1. The SMILES string of the molecule is CCCC1(CC)CCOC1=O. The number of rotatable bonds is 3. The van der Waals surface area contributed by atoms with Gasteiger partial charge in [-0.3, -0.25) is 4.79 Å². The van der Waals surface area contributed by atoms with Crippen molar-refractivity contribution in [1.29, 1.82) is 0 Å². The highest BCUT2D eigenvalue weighted by molar-refractivity contribution is 5.78. The first kappa shape index (κ1) is 8.57. The summed E-state index contributed by atoms with van der Waals surface area (Å²) < 4.78 is 4.97. The van der Waals surface area contributed by atoms with Crippen molar-refractivity contribution in [1.82, 2.24) is 0 Å². The van der Waals surface area contributed by atoms with Crippen LogP contribution in [0.2, 0.25) is 0 Å². The average molecular weight is 156 g/mol. The standard InChI is InChI=1S/C9H16O2/c1-3-5-9(4-2)6-7-11-8(9)10/h3-7H2,1-2H3. The van der Waals surface area contributed by atoms with Crippen molar-refractivity contribution >= 4 is 5.97 Å². The largest absolute Gasteiger partial charge is 0.465 e. The summed E-state index contributed by atoms with van der Waals surface area (Å²) in [6, 6.07) is 0. The van der Waals surface area contributed by atoms with Gasteiger partial charge < -0.3 is 4.74 Å². The second-order valence-corrected chi connectivity index (χ2v) is 3.27. The van der Waals surface area contributed by atoms with E-state index in [-0.39, 0.29) is 11.4 Å². The Morgan fingerprint density at radius 3 is 2.64 bits per heavy atom. The van der Waals surface area contributed by atoms with Gasteiger partial charge in [0.1, 0.15) is 0 Å². The molecule has 1 atom stereocenters. The molecule has 2 nitrogen and oxygen atoms in total. The summed E-state index contributed by atoms with van der Waals surface area (Å²) >= 11 is 0. The van der Waals surface area contributed by atoms with E-state index in [0.29, 0.717) is 6.61 Å². The lowest BCUT2D eigenvalue weighted by Gasteiger charge is -2.21. The van der Waals surface area contributed by atoms with Gasteiger partial charge in [0.25, 0.3) is 0 Å².